The van der Waals surface area contributed by atoms with Crippen molar-refractivity contribution < 1.29 is 27.9 Å². The van der Waals surface area contributed by atoms with E-state index in [4.69, 9.17) is 5.11 Å². The number of nitrogens with one attached hydrogen (secondary N) is 3. The predicted octanol–water partition coefficient (Wildman–Crippen LogP) is -0.564. The summed E-state index contributed by atoms with van der Waals surface area (Å²) in [6.07, 6.45) is -0.134. The number of hydrogen-bond acceptors (Lipinski definition) is 5. The van der Waals surface area contributed by atoms with Crippen LogP contribution in [0.4, 0.5) is 0 Å². The van der Waals surface area contributed by atoms with E-state index in [1.165, 1.54) is 0 Å². The molecule has 9 nitrogen and oxygen atoms in total. The van der Waals surface area contributed by atoms with Crippen LogP contribution >= 0.6 is 0 Å². The van der Waals surface area contributed by atoms with E-state index < -0.39 is 46.1 Å². The summed E-state index contributed by atoms with van der Waals surface area (Å²) in [6, 6.07) is -1.16. The second-order valence-electron chi connectivity index (χ2n) is 6.20. The molecule has 0 aromatic rings. The number of sulfonamides is 1. The summed E-state index contributed by atoms with van der Waals surface area (Å²) in [4.78, 5) is 34.1. The zero-order valence-corrected chi connectivity index (χ0v) is 15.3. The highest BCUT2D eigenvalue weighted by Gasteiger charge is 2.22. The maximum absolute atomic E-state index is 11.7. The fraction of sp³-hybridized carbons (Fsp3) is 0.786. The maximum atomic E-state index is 11.7. The van der Waals surface area contributed by atoms with Gasteiger partial charge < -0.3 is 15.7 Å². The number of carboxylic acids is 1. The fourth-order valence-corrected chi connectivity index (χ4v) is 2.76. The van der Waals surface area contributed by atoms with Gasteiger partial charge in [0.2, 0.25) is 21.8 Å². The summed E-state index contributed by atoms with van der Waals surface area (Å²) in [5.41, 5.74) is 0. The highest BCUT2D eigenvalue weighted by Crippen LogP contribution is 2.05. The Morgan fingerprint density at radius 1 is 1.00 bits per heavy atom. The second kappa shape index (κ2) is 10.2. The van der Waals surface area contributed by atoms with Gasteiger partial charge in [0.15, 0.2) is 0 Å². The van der Waals surface area contributed by atoms with Crippen LogP contribution in [0, 0.1) is 5.92 Å². The molecule has 4 N–H and O–H groups in total. The molecule has 0 saturated carbocycles. The average Bonchev–Trinajstić information content (AvgIpc) is 2.41. The molecule has 24 heavy (non-hydrogen) atoms. The molecule has 0 aromatic carbocycles. The minimum Gasteiger partial charge on any atom is -0.480 e. The Morgan fingerprint density at radius 3 is 2.04 bits per heavy atom. The summed E-state index contributed by atoms with van der Waals surface area (Å²) < 4.78 is 25.6. The standard InChI is InChI=1S/C14H27N3O6S/c1-9(2)7-11(14(20)21)17-12(18)5-6-24(22,23)15-8-13(19)16-10(3)4/h9-11,15H,5-8H2,1-4H3,(H,16,19)(H,17,18)(H,20,21)/t11-/m1/s1. The maximum Gasteiger partial charge on any atom is 0.326 e. The van der Waals surface area contributed by atoms with E-state index in [1.54, 1.807) is 13.8 Å². The first-order valence-corrected chi connectivity index (χ1v) is 9.37. The van der Waals surface area contributed by atoms with Gasteiger partial charge >= 0.3 is 5.97 Å². The average molecular weight is 365 g/mol. The Bertz CT molecular complexity index is 545. The van der Waals surface area contributed by atoms with Gasteiger partial charge in [0.25, 0.3) is 0 Å². The molecule has 0 aliphatic heterocycles. The quantitative estimate of drug-likeness (QED) is 0.386. The number of amides is 2. The molecule has 0 aliphatic carbocycles. The zero-order chi connectivity index (χ0) is 18.9. The van der Waals surface area contributed by atoms with Crippen molar-refractivity contribution in [3.63, 3.8) is 0 Å². The van der Waals surface area contributed by atoms with E-state index in [0.717, 1.165) is 0 Å². The minimum absolute atomic E-state index is 0.0660. The number of rotatable bonds is 11. The Morgan fingerprint density at radius 2 is 1.58 bits per heavy atom. The van der Waals surface area contributed by atoms with Gasteiger partial charge in [0.1, 0.15) is 6.04 Å². The van der Waals surface area contributed by atoms with Crippen LogP contribution in [0.25, 0.3) is 0 Å². The summed E-state index contributed by atoms with van der Waals surface area (Å²) in [7, 11) is -3.81. The molecule has 0 spiro atoms. The molecule has 0 saturated heterocycles. The molecule has 0 bridgehead atoms. The van der Waals surface area contributed by atoms with Gasteiger partial charge in [-0.05, 0) is 26.2 Å². The Hall–Kier alpha value is -1.68. The third-order valence-corrected chi connectivity index (χ3v) is 4.17. The van der Waals surface area contributed by atoms with Crippen LogP contribution in [0.5, 0.6) is 0 Å². The summed E-state index contributed by atoms with van der Waals surface area (Å²) in [5, 5.41) is 13.9. The largest absolute Gasteiger partial charge is 0.480 e. The van der Waals surface area contributed by atoms with Crippen LogP contribution in [0.15, 0.2) is 0 Å². The van der Waals surface area contributed by atoms with Crippen LogP contribution in [-0.2, 0) is 24.4 Å². The van der Waals surface area contributed by atoms with E-state index in [2.05, 4.69) is 15.4 Å². The lowest BCUT2D eigenvalue weighted by Gasteiger charge is -2.16. The number of carbonyl (C=O) groups is 3. The van der Waals surface area contributed by atoms with E-state index in [0.29, 0.717) is 0 Å². The molecule has 10 heteroatoms. The third-order valence-electron chi connectivity index (χ3n) is 2.84. The number of aliphatic carboxylic acids is 1. The minimum atomic E-state index is -3.81. The third kappa shape index (κ3) is 10.9. The van der Waals surface area contributed by atoms with Crippen molar-refractivity contribution in [2.75, 3.05) is 12.3 Å². The lowest BCUT2D eigenvalue weighted by Crippen LogP contribution is -2.43. The Balaban J connectivity index is 4.36. The van der Waals surface area contributed by atoms with Crippen molar-refractivity contribution in [3.05, 3.63) is 0 Å². The summed E-state index contributed by atoms with van der Waals surface area (Å²) in [5.74, 6) is -2.76. The first kappa shape index (κ1) is 22.3. The van der Waals surface area contributed by atoms with Gasteiger partial charge in [-0.15, -0.1) is 0 Å². The van der Waals surface area contributed by atoms with Crippen molar-refractivity contribution in [1.82, 2.24) is 15.4 Å². The molecule has 0 unspecified atom stereocenters. The van der Waals surface area contributed by atoms with Crippen molar-refractivity contribution in [2.45, 2.75) is 52.6 Å². The van der Waals surface area contributed by atoms with Gasteiger partial charge in [-0.3, -0.25) is 9.59 Å². The predicted molar refractivity (Wildman–Crippen MR) is 88.7 cm³/mol. The molecule has 0 aromatic heterocycles. The molecule has 1 atom stereocenters. The summed E-state index contributed by atoms with van der Waals surface area (Å²) in [6.45, 7) is 6.71. The van der Waals surface area contributed by atoms with Gasteiger partial charge in [0, 0.05) is 12.5 Å². The number of carbonyl (C=O) groups excluding carboxylic acids is 2. The van der Waals surface area contributed by atoms with E-state index >= 15 is 0 Å². The van der Waals surface area contributed by atoms with Crippen molar-refractivity contribution in [2.24, 2.45) is 5.92 Å². The summed E-state index contributed by atoms with van der Waals surface area (Å²) >= 11 is 0. The number of carboxylic acid groups (broad SMARTS) is 1. The van der Waals surface area contributed by atoms with Crippen LogP contribution in [-0.4, -0.2) is 55.7 Å². The first-order valence-electron chi connectivity index (χ1n) is 7.71. The molecule has 0 fully saturated rings. The highest BCUT2D eigenvalue weighted by molar-refractivity contribution is 7.89. The second-order valence-corrected chi connectivity index (χ2v) is 8.13. The molecular weight excluding hydrogens is 338 g/mol. The molecular formula is C14H27N3O6S. The van der Waals surface area contributed by atoms with Gasteiger partial charge in [-0.25, -0.2) is 17.9 Å². The lowest BCUT2D eigenvalue weighted by molar-refractivity contribution is -0.142. The lowest BCUT2D eigenvalue weighted by atomic mass is 10.0. The van der Waals surface area contributed by atoms with Crippen LogP contribution in [0.1, 0.15) is 40.5 Å². The first-order chi connectivity index (χ1) is 10.9. The van der Waals surface area contributed by atoms with Gasteiger partial charge in [0.05, 0.1) is 12.3 Å². The smallest absolute Gasteiger partial charge is 0.326 e. The van der Waals surface area contributed by atoms with Gasteiger partial charge in [-0.2, -0.15) is 0 Å². The van der Waals surface area contributed by atoms with Crippen LogP contribution in [0.3, 0.4) is 0 Å². The molecule has 0 heterocycles. The van der Waals surface area contributed by atoms with Crippen LogP contribution < -0.4 is 15.4 Å². The van der Waals surface area contributed by atoms with Crippen molar-refractivity contribution >= 4 is 27.8 Å². The zero-order valence-electron chi connectivity index (χ0n) is 14.5. The van der Waals surface area contributed by atoms with E-state index in [1.807, 2.05) is 13.8 Å². The fourth-order valence-electron chi connectivity index (χ4n) is 1.81. The SMILES string of the molecule is CC(C)C[C@@H](NC(=O)CCS(=O)(=O)NCC(=O)NC(C)C)C(=O)O. The Labute approximate surface area is 142 Å². The van der Waals surface area contributed by atoms with E-state index in [-0.39, 0.29) is 24.8 Å². The van der Waals surface area contributed by atoms with Crippen molar-refractivity contribution in [3.8, 4) is 0 Å². The van der Waals surface area contributed by atoms with Crippen LogP contribution in [0.2, 0.25) is 0 Å². The monoisotopic (exact) mass is 365 g/mol. The molecule has 140 valence electrons. The normalized spacial score (nSPS) is 12.9. The highest BCUT2D eigenvalue weighted by atomic mass is 32.2. The molecule has 0 rings (SSSR count). The topological polar surface area (TPSA) is 142 Å². The Kier molecular flexibility index (Phi) is 9.52. The van der Waals surface area contributed by atoms with Crippen molar-refractivity contribution in [1.29, 1.82) is 0 Å². The molecule has 0 aliphatic rings. The number of hydrogen-bond donors (Lipinski definition) is 4. The molecule has 0 radical (unpaired) electrons. The molecule has 2 amide bonds. The van der Waals surface area contributed by atoms with E-state index in [9.17, 15) is 22.8 Å². The van der Waals surface area contributed by atoms with Gasteiger partial charge in [-0.1, -0.05) is 13.8 Å².